The van der Waals surface area contributed by atoms with Crippen LogP contribution in [0.5, 0.6) is 0 Å². The van der Waals surface area contributed by atoms with Crippen molar-refractivity contribution >= 4 is 17.3 Å². The fraction of sp³-hybridized carbons (Fsp3) is 0. The molecule has 2 nitrogen and oxygen atoms in total. The lowest BCUT2D eigenvalue weighted by Gasteiger charge is -1.93. The highest BCUT2D eigenvalue weighted by Gasteiger charge is 1.96. The van der Waals surface area contributed by atoms with Gasteiger partial charge < -0.3 is 5.73 Å². The topological polar surface area (TPSA) is 38.9 Å². The summed E-state index contributed by atoms with van der Waals surface area (Å²) < 4.78 is 12.1. The third-order valence-corrected chi connectivity index (χ3v) is 1.17. The monoisotopic (exact) mass is 146 g/mol. The normalized spacial score (nSPS) is 9.56. The average Bonchev–Trinajstić information content (AvgIpc) is 1.80. The molecule has 2 N–H and O–H groups in total. The molecule has 9 heavy (non-hydrogen) atoms. The van der Waals surface area contributed by atoms with Gasteiger partial charge in [0, 0.05) is 6.07 Å². The van der Waals surface area contributed by atoms with Crippen LogP contribution in [0.15, 0.2) is 12.3 Å². The molecular formula is C5H4ClFN2. The molecule has 1 aromatic heterocycles. The molecule has 0 aromatic carbocycles. The van der Waals surface area contributed by atoms with Gasteiger partial charge in [0.15, 0.2) is 0 Å². The Morgan fingerprint density at radius 2 is 2.33 bits per heavy atom. The molecule has 0 atom stereocenters. The molecular weight excluding hydrogens is 143 g/mol. The van der Waals surface area contributed by atoms with Crippen LogP contribution in [0.25, 0.3) is 0 Å². The van der Waals surface area contributed by atoms with Gasteiger partial charge in [-0.25, -0.2) is 4.98 Å². The molecule has 1 rings (SSSR count). The number of nitrogen functional groups attached to an aromatic ring is 1. The van der Waals surface area contributed by atoms with Crippen molar-refractivity contribution in [2.75, 3.05) is 5.73 Å². The Labute approximate surface area is 56.5 Å². The summed E-state index contributed by atoms with van der Waals surface area (Å²) in [5, 5.41) is 0.274. The Morgan fingerprint density at radius 3 is 2.78 bits per heavy atom. The van der Waals surface area contributed by atoms with Crippen molar-refractivity contribution in [3.05, 3.63) is 23.2 Å². The Hall–Kier alpha value is -0.830. The second-order valence-electron chi connectivity index (χ2n) is 1.53. The summed E-state index contributed by atoms with van der Waals surface area (Å²) in [6.07, 6.45) is 1.17. The van der Waals surface area contributed by atoms with Crippen molar-refractivity contribution < 1.29 is 4.39 Å². The molecule has 1 aromatic rings. The number of nitrogens with zero attached hydrogens (tertiary/aromatic N) is 1. The number of pyridine rings is 1. The van der Waals surface area contributed by atoms with Gasteiger partial charge in [-0.2, -0.15) is 4.39 Å². The van der Waals surface area contributed by atoms with Crippen molar-refractivity contribution in [2.24, 2.45) is 0 Å². The minimum Gasteiger partial charge on any atom is -0.397 e. The minimum absolute atomic E-state index is 0.212. The summed E-state index contributed by atoms with van der Waals surface area (Å²) in [7, 11) is 0. The number of anilines is 1. The zero-order valence-corrected chi connectivity index (χ0v) is 5.19. The first-order valence-electron chi connectivity index (χ1n) is 2.26. The number of rotatable bonds is 0. The number of aromatic nitrogens is 1. The van der Waals surface area contributed by atoms with Crippen LogP contribution in [0.2, 0.25) is 5.02 Å². The fourth-order valence-electron chi connectivity index (χ4n) is 0.427. The van der Waals surface area contributed by atoms with Crippen molar-refractivity contribution in [1.29, 1.82) is 0 Å². The first-order valence-corrected chi connectivity index (χ1v) is 2.64. The van der Waals surface area contributed by atoms with Gasteiger partial charge in [0.05, 0.1) is 16.9 Å². The van der Waals surface area contributed by atoms with E-state index < -0.39 is 5.95 Å². The third kappa shape index (κ3) is 1.29. The summed E-state index contributed by atoms with van der Waals surface area (Å²) in [5.41, 5.74) is 5.42. The van der Waals surface area contributed by atoms with Crippen LogP contribution >= 0.6 is 11.6 Å². The van der Waals surface area contributed by atoms with Gasteiger partial charge in [0.1, 0.15) is 0 Å². The number of hydrogen-bond donors (Lipinski definition) is 1. The van der Waals surface area contributed by atoms with Crippen LogP contribution in [-0.4, -0.2) is 4.98 Å². The second kappa shape index (κ2) is 2.19. The van der Waals surface area contributed by atoms with Crippen LogP contribution < -0.4 is 5.73 Å². The van der Waals surface area contributed by atoms with Gasteiger partial charge in [0.25, 0.3) is 0 Å². The molecule has 0 aliphatic heterocycles. The molecule has 4 heteroatoms. The zero-order valence-electron chi connectivity index (χ0n) is 4.44. The summed E-state index contributed by atoms with van der Waals surface area (Å²) >= 11 is 5.43. The van der Waals surface area contributed by atoms with E-state index in [4.69, 9.17) is 17.3 Å². The van der Waals surface area contributed by atoms with Gasteiger partial charge in [-0.1, -0.05) is 11.6 Å². The van der Waals surface area contributed by atoms with Gasteiger partial charge >= 0.3 is 0 Å². The van der Waals surface area contributed by atoms with Crippen molar-refractivity contribution in [1.82, 2.24) is 4.98 Å². The lowest BCUT2D eigenvalue weighted by molar-refractivity contribution is 0.584. The lowest BCUT2D eigenvalue weighted by atomic mass is 10.4. The highest BCUT2D eigenvalue weighted by molar-refractivity contribution is 6.32. The Balaban J connectivity index is 3.17. The molecule has 0 saturated carbocycles. The van der Waals surface area contributed by atoms with Crippen LogP contribution in [0, 0.1) is 5.95 Å². The zero-order chi connectivity index (χ0) is 6.85. The van der Waals surface area contributed by atoms with Crippen LogP contribution in [-0.2, 0) is 0 Å². The van der Waals surface area contributed by atoms with Crippen LogP contribution in [0.1, 0.15) is 0 Å². The number of hydrogen-bond acceptors (Lipinski definition) is 2. The molecule has 0 bridgehead atoms. The smallest absolute Gasteiger partial charge is 0.214 e. The quantitative estimate of drug-likeness (QED) is 0.563. The Morgan fingerprint density at radius 1 is 1.67 bits per heavy atom. The van der Waals surface area contributed by atoms with E-state index >= 15 is 0 Å². The van der Waals surface area contributed by atoms with Crippen molar-refractivity contribution in [3.63, 3.8) is 0 Å². The van der Waals surface area contributed by atoms with Gasteiger partial charge in [-0.05, 0) is 0 Å². The molecule has 0 amide bonds. The molecule has 0 aliphatic rings. The van der Waals surface area contributed by atoms with Gasteiger partial charge in [-0.15, -0.1) is 0 Å². The van der Waals surface area contributed by atoms with E-state index in [1.165, 1.54) is 6.20 Å². The van der Waals surface area contributed by atoms with E-state index in [1.54, 1.807) is 0 Å². The van der Waals surface area contributed by atoms with E-state index in [0.29, 0.717) is 0 Å². The molecule has 0 saturated heterocycles. The molecule has 0 fully saturated rings. The van der Waals surface area contributed by atoms with E-state index in [-0.39, 0.29) is 10.7 Å². The van der Waals surface area contributed by atoms with E-state index in [1.807, 2.05) is 0 Å². The Kier molecular flexibility index (Phi) is 1.53. The van der Waals surface area contributed by atoms with E-state index in [9.17, 15) is 4.39 Å². The molecule has 1 heterocycles. The van der Waals surface area contributed by atoms with Crippen molar-refractivity contribution in [2.45, 2.75) is 0 Å². The van der Waals surface area contributed by atoms with Gasteiger partial charge in [-0.3, -0.25) is 0 Å². The maximum Gasteiger partial charge on any atom is 0.214 e. The molecule has 48 valence electrons. The SMILES string of the molecule is Nc1cc(F)ncc1Cl. The van der Waals surface area contributed by atoms with E-state index in [2.05, 4.69) is 4.98 Å². The molecule has 0 unspecified atom stereocenters. The van der Waals surface area contributed by atoms with Crippen LogP contribution in [0.3, 0.4) is 0 Å². The largest absolute Gasteiger partial charge is 0.397 e. The highest BCUT2D eigenvalue weighted by Crippen LogP contribution is 2.15. The first-order chi connectivity index (χ1) is 4.20. The summed E-state index contributed by atoms with van der Waals surface area (Å²) in [4.78, 5) is 3.26. The number of halogens is 2. The Bertz CT molecular complexity index is 226. The lowest BCUT2D eigenvalue weighted by Crippen LogP contribution is -1.89. The molecule has 0 radical (unpaired) electrons. The maximum absolute atomic E-state index is 12.1. The summed E-state index contributed by atoms with van der Waals surface area (Å²) in [6, 6.07) is 1.07. The van der Waals surface area contributed by atoms with E-state index in [0.717, 1.165) is 6.07 Å². The highest BCUT2D eigenvalue weighted by atomic mass is 35.5. The summed E-state index contributed by atoms with van der Waals surface area (Å²) in [6.45, 7) is 0. The predicted octanol–water partition coefficient (Wildman–Crippen LogP) is 1.46. The van der Waals surface area contributed by atoms with Crippen molar-refractivity contribution in [3.8, 4) is 0 Å². The standard InChI is InChI=1S/C5H4ClFN2/c6-3-2-9-5(7)1-4(3)8/h1-2H,(H2,8,9). The molecule has 0 aliphatic carbocycles. The predicted molar refractivity (Wildman–Crippen MR) is 33.6 cm³/mol. The fourth-order valence-corrected chi connectivity index (χ4v) is 0.531. The minimum atomic E-state index is -0.614. The molecule has 0 spiro atoms. The van der Waals surface area contributed by atoms with Crippen LogP contribution in [0.4, 0.5) is 10.1 Å². The summed E-state index contributed by atoms with van der Waals surface area (Å²) in [5.74, 6) is -0.614. The number of nitrogens with two attached hydrogens (primary N) is 1. The maximum atomic E-state index is 12.1. The first kappa shape index (κ1) is 6.29. The average molecular weight is 147 g/mol. The second-order valence-corrected chi connectivity index (χ2v) is 1.94. The third-order valence-electron chi connectivity index (χ3n) is 0.852. The van der Waals surface area contributed by atoms with Gasteiger partial charge in [0.2, 0.25) is 5.95 Å².